The molecule has 4 amide bonds. The molecule has 12 heteroatoms. The summed E-state index contributed by atoms with van der Waals surface area (Å²) in [5, 5.41) is 18.0. The van der Waals surface area contributed by atoms with Gasteiger partial charge in [-0.05, 0) is 36.7 Å². The number of carbonyl (C=O) groups is 4. The highest BCUT2D eigenvalue weighted by molar-refractivity contribution is 6.30. The number of carbonyl (C=O) groups excluding carboxylic acids is 4. The number of hydrogen-bond donors (Lipinski definition) is 5. The molecular formula is C19H25ClFN5O5. The fourth-order valence-electron chi connectivity index (χ4n) is 3.19. The Kier molecular flexibility index (Phi) is 8.31. The first-order valence-corrected chi connectivity index (χ1v) is 9.94. The molecule has 1 aliphatic heterocycles. The summed E-state index contributed by atoms with van der Waals surface area (Å²) in [6, 6.07) is 2.84. The molecule has 6 N–H and O–H groups in total. The van der Waals surface area contributed by atoms with Crippen LogP contribution in [0.2, 0.25) is 5.02 Å². The van der Waals surface area contributed by atoms with Crippen molar-refractivity contribution < 1.29 is 28.7 Å². The van der Waals surface area contributed by atoms with Gasteiger partial charge >= 0.3 is 0 Å². The third kappa shape index (κ3) is 6.12. The Balaban J connectivity index is 1.95. The van der Waals surface area contributed by atoms with E-state index >= 15 is 0 Å². The van der Waals surface area contributed by atoms with E-state index in [4.69, 9.17) is 17.3 Å². The van der Waals surface area contributed by atoms with Gasteiger partial charge in [0.1, 0.15) is 11.9 Å². The quantitative estimate of drug-likeness (QED) is 0.288. The zero-order valence-corrected chi connectivity index (χ0v) is 17.7. The van der Waals surface area contributed by atoms with E-state index in [2.05, 4.69) is 16.0 Å². The summed E-state index contributed by atoms with van der Waals surface area (Å²) in [6.45, 7) is -0.466. The fraction of sp³-hybridized carbons (Fsp3) is 0.474. The van der Waals surface area contributed by atoms with Gasteiger partial charge in [-0.15, -0.1) is 0 Å². The Morgan fingerprint density at radius 3 is 2.68 bits per heavy atom. The molecule has 31 heavy (non-hydrogen) atoms. The molecule has 10 nitrogen and oxygen atoms in total. The normalized spacial score (nSPS) is 19.1. The number of amides is 4. The van der Waals surface area contributed by atoms with Gasteiger partial charge in [0.2, 0.25) is 17.4 Å². The van der Waals surface area contributed by atoms with Gasteiger partial charge in [-0.1, -0.05) is 11.6 Å². The number of nitrogens with zero attached hydrogens (tertiary/aromatic N) is 1. The molecule has 1 aromatic rings. The summed E-state index contributed by atoms with van der Waals surface area (Å²) in [5.74, 6) is -3.55. The predicted octanol–water partition coefficient (Wildman–Crippen LogP) is -1.36. The van der Waals surface area contributed by atoms with Crippen molar-refractivity contribution in [1.29, 1.82) is 0 Å². The maximum absolute atomic E-state index is 13.4. The van der Waals surface area contributed by atoms with E-state index in [0.29, 0.717) is 5.56 Å². The maximum atomic E-state index is 13.4. The fourth-order valence-corrected chi connectivity index (χ4v) is 3.44. The van der Waals surface area contributed by atoms with Crippen molar-refractivity contribution in [2.75, 3.05) is 26.7 Å². The van der Waals surface area contributed by atoms with Gasteiger partial charge in [0, 0.05) is 31.6 Å². The van der Waals surface area contributed by atoms with Gasteiger partial charge in [0.15, 0.2) is 0 Å². The van der Waals surface area contributed by atoms with Gasteiger partial charge in [0.25, 0.3) is 11.8 Å². The van der Waals surface area contributed by atoms with Crippen LogP contribution in [0.5, 0.6) is 0 Å². The van der Waals surface area contributed by atoms with Crippen LogP contribution in [0.25, 0.3) is 0 Å². The maximum Gasteiger partial charge on any atom is 0.264 e. The highest BCUT2D eigenvalue weighted by Crippen LogP contribution is 2.23. The molecule has 1 fully saturated rings. The van der Waals surface area contributed by atoms with Crippen LogP contribution in [-0.2, 0) is 25.7 Å². The number of rotatable bonds is 9. The van der Waals surface area contributed by atoms with Crippen LogP contribution >= 0.6 is 11.6 Å². The molecule has 0 spiro atoms. The molecule has 0 bridgehead atoms. The number of nitrogens with one attached hydrogen (secondary N) is 3. The summed E-state index contributed by atoms with van der Waals surface area (Å²) in [5.41, 5.74) is 3.44. The monoisotopic (exact) mass is 457 g/mol. The summed E-state index contributed by atoms with van der Waals surface area (Å²) in [4.78, 5) is 50.1. The van der Waals surface area contributed by atoms with Crippen LogP contribution in [0.15, 0.2) is 18.2 Å². The Labute approximate surface area is 183 Å². The minimum absolute atomic E-state index is 0.0382. The van der Waals surface area contributed by atoms with E-state index < -0.39 is 47.6 Å². The van der Waals surface area contributed by atoms with E-state index in [1.807, 2.05) is 0 Å². The first-order chi connectivity index (χ1) is 14.6. The largest absolute Gasteiger partial charge is 0.372 e. The average molecular weight is 458 g/mol. The average Bonchev–Trinajstić information content (AvgIpc) is 3.00. The topological polar surface area (TPSA) is 154 Å². The van der Waals surface area contributed by atoms with Crippen molar-refractivity contribution >= 4 is 35.2 Å². The minimum atomic E-state index is -2.35. The van der Waals surface area contributed by atoms with E-state index in [-0.39, 0.29) is 37.5 Å². The smallest absolute Gasteiger partial charge is 0.264 e. The zero-order chi connectivity index (χ0) is 23.2. The highest BCUT2D eigenvalue weighted by atomic mass is 35.5. The number of aliphatic hydroxyl groups is 1. The van der Waals surface area contributed by atoms with E-state index in [1.165, 1.54) is 13.1 Å². The molecular weight excluding hydrogens is 433 g/mol. The van der Waals surface area contributed by atoms with Crippen molar-refractivity contribution in [2.45, 2.75) is 31.0 Å². The van der Waals surface area contributed by atoms with Gasteiger partial charge in [-0.25, -0.2) is 4.39 Å². The molecule has 1 heterocycles. The first-order valence-electron chi connectivity index (χ1n) is 9.56. The molecule has 1 aromatic carbocycles. The second kappa shape index (κ2) is 10.5. The van der Waals surface area contributed by atoms with Crippen molar-refractivity contribution in [1.82, 2.24) is 20.9 Å². The molecule has 0 aliphatic carbocycles. The van der Waals surface area contributed by atoms with Crippen molar-refractivity contribution in [3.8, 4) is 0 Å². The van der Waals surface area contributed by atoms with Crippen LogP contribution in [0, 0.1) is 5.82 Å². The minimum Gasteiger partial charge on any atom is -0.372 e. The Morgan fingerprint density at radius 2 is 2.06 bits per heavy atom. The molecule has 1 aliphatic rings. The van der Waals surface area contributed by atoms with Gasteiger partial charge in [-0.2, -0.15) is 0 Å². The highest BCUT2D eigenvalue weighted by Gasteiger charge is 2.51. The van der Waals surface area contributed by atoms with Crippen molar-refractivity contribution in [3.05, 3.63) is 34.6 Å². The van der Waals surface area contributed by atoms with E-state index in [1.54, 1.807) is 0 Å². The Morgan fingerprint density at radius 1 is 1.35 bits per heavy atom. The second-order valence-electron chi connectivity index (χ2n) is 7.11. The Bertz CT molecular complexity index is 850. The number of likely N-dealkylation sites (N-methyl/N-ethyl adjacent to an activating group) is 1. The second-order valence-corrected chi connectivity index (χ2v) is 7.55. The number of halogens is 2. The third-order valence-corrected chi connectivity index (χ3v) is 5.04. The number of benzene rings is 1. The lowest BCUT2D eigenvalue weighted by Gasteiger charge is -2.22. The molecule has 0 radical (unpaired) electrons. The SMILES string of the molecule is CNC(=O)[C@H](CCN)NC(=O)CN1CCC(O)(C(=O)NCc2cc(F)cc(Cl)c2)C1=O. The van der Waals surface area contributed by atoms with Crippen LogP contribution in [0.4, 0.5) is 4.39 Å². The lowest BCUT2D eigenvalue weighted by atomic mass is 10.0. The van der Waals surface area contributed by atoms with Crippen LogP contribution in [0.3, 0.4) is 0 Å². The van der Waals surface area contributed by atoms with Gasteiger partial charge in [0.05, 0.1) is 6.54 Å². The molecule has 0 saturated carbocycles. The van der Waals surface area contributed by atoms with Crippen LogP contribution in [0.1, 0.15) is 18.4 Å². The van der Waals surface area contributed by atoms with Crippen LogP contribution in [-0.4, -0.2) is 72.0 Å². The van der Waals surface area contributed by atoms with Gasteiger partial charge < -0.3 is 31.7 Å². The summed E-state index contributed by atoms with van der Waals surface area (Å²) in [7, 11) is 1.42. The molecule has 0 aromatic heterocycles. The molecule has 1 saturated heterocycles. The van der Waals surface area contributed by atoms with E-state index in [9.17, 15) is 28.7 Å². The first kappa shape index (κ1) is 24.5. The van der Waals surface area contributed by atoms with E-state index in [0.717, 1.165) is 17.0 Å². The van der Waals surface area contributed by atoms with Crippen molar-refractivity contribution in [3.63, 3.8) is 0 Å². The molecule has 2 rings (SSSR count). The summed E-state index contributed by atoms with van der Waals surface area (Å²) < 4.78 is 13.4. The van der Waals surface area contributed by atoms with Crippen LogP contribution < -0.4 is 21.7 Å². The zero-order valence-electron chi connectivity index (χ0n) is 16.9. The number of likely N-dealkylation sites (tertiary alicyclic amines) is 1. The van der Waals surface area contributed by atoms with Gasteiger partial charge in [-0.3, -0.25) is 19.2 Å². The number of nitrogens with two attached hydrogens (primary N) is 1. The van der Waals surface area contributed by atoms with Crippen molar-refractivity contribution in [2.24, 2.45) is 5.73 Å². The lowest BCUT2D eigenvalue weighted by molar-refractivity contribution is -0.155. The number of hydrogen-bond acceptors (Lipinski definition) is 6. The lowest BCUT2D eigenvalue weighted by Crippen LogP contribution is -2.54. The third-order valence-electron chi connectivity index (χ3n) is 4.82. The summed E-state index contributed by atoms with van der Waals surface area (Å²) >= 11 is 5.76. The molecule has 2 atom stereocenters. The molecule has 1 unspecified atom stereocenters. The summed E-state index contributed by atoms with van der Waals surface area (Å²) in [6.07, 6.45) is -0.0215. The Hall–Kier alpha value is -2.76. The standard InChI is InChI=1S/C19H25ClFN5O5/c1-23-16(28)14(2-4-22)25-15(27)10-26-5-3-19(31,18(26)30)17(29)24-9-11-6-12(20)8-13(21)7-11/h6-8,14,31H,2-5,9-10,22H2,1H3,(H,23,28)(H,24,29)(H,25,27)/t14-,19?/m0/s1. The predicted molar refractivity (Wildman–Crippen MR) is 109 cm³/mol. The molecule has 170 valence electrons.